The van der Waals surface area contributed by atoms with Gasteiger partial charge in [-0.1, -0.05) is 39.0 Å². The number of benzene rings is 2. The predicted octanol–water partition coefficient (Wildman–Crippen LogP) is 4.87. The second-order valence-electron chi connectivity index (χ2n) is 10.1. The first-order valence-corrected chi connectivity index (χ1v) is 14.0. The molecule has 2 heterocycles. The molecule has 2 aromatic carbocycles. The van der Waals surface area contributed by atoms with Crippen molar-refractivity contribution >= 4 is 25.8 Å². The van der Waals surface area contributed by atoms with Crippen LogP contribution in [0.5, 0.6) is 0 Å². The van der Waals surface area contributed by atoms with Crippen LogP contribution in [0.15, 0.2) is 42.5 Å². The van der Waals surface area contributed by atoms with Crippen molar-refractivity contribution in [3.63, 3.8) is 0 Å². The lowest BCUT2D eigenvalue weighted by molar-refractivity contribution is 0.0926. The van der Waals surface area contributed by atoms with E-state index in [-0.39, 0.29) is 16.9 Å². The lowest BCUT2D eigenvalue weighted by Gasteiger charge is -2.37. The van der Waals surface area contributed by atoms with E-state index in [4.69, 9.17) is 4.43 Å². The lowest BCUT2D eigenvalue weighted by atomic mass is 9.98. The topological polar surface area (TPSA) is 49.9 Å². The van der Waals surface area contributed by atoms with E-state index in [1.54, 1.807) is 24.3 Å². The largest absolute Gasteiger partial charge is 0.416 e. The molecule has 2 aliphatic rings. The standard InChI is InChI=1S/C25H32N2O3Si/c1-25(2,3)31(4,5)30-15-14-26-13-12-18-16-20(11-10-19(18)17-26)27-23(28)21-8-6-7-9-22(21)24(27)29/h6-11,16H,12-15,17H2,1-5H3. The van der Waals surface area contributed by atoms with Crippen molar-refractivity contribution in [2.24, 2.45) is 0 Å². The summed E-state index contributed by atoms with van der Waals surface area (Å²) in [6.45, 7) is 14.9. The van der Waals surface area contributed by atoms with Crippen LogP contribution >= 0.6 is 0 Å². The number of hydrogen-bond donors (Lipinski definition) is 0. The van der Waals surface area contributed by atoms with Gasteiger partial charge in [-0.2, -0.15) is 0 Å². The number of fused-ring (bicyclic) bond motifs is 2. The van der Waals surface area contributed by atoms with E-state index in [1.807, 2.05) is 12.1 Å². The van der Waals surface area contributed by atoms with Gasteiger partial charge < -0.3 is 4.43 Å². The molecule has 2 aliphatic heterocycles. The number of carbonyl (C=O) groups excluding carboxylic acids is 2. The Kier molecular flexibility index (Phi) is 5.66. The number of nitrogens with zero attached hydrogens (tertiary/aromatic N) is 2. The minimum atomic E-state index is -1.72. The molecule has 0 N–H and O–H groups in total. The zero-order valence-electron chi connectivity index (χ0n) is 19.2. The summed E-state index contributed by atoms with van der Waals surface area (Å²) >= 11 is 0. The quantitative estimate of drug-likeness (QED) is 0.496. The third kappa shape index (κ3) is 4.12. The Morgan fingerprint density at radius 2 is 1.61 bits per heavy atom. The maximum Gasteiger partial charge on any atom is 0.266 e. The molecular formula is C25H32N2O3Si. The molecule has 0 radical (unpaired) electrons. The monoisotopic (exact) mass is 436 g/mol. The third-order valence-electron chi connectivity index (χ3n) is 7.01. The number of anilines is 1. The van der Waals surface area contributed by atoms with E-state index >= 15 is 0 Å². The Balaban J connectivity index is 1.42. The number of rotatable bonds is 5. The maximum atomic E-state index is 12.8. The molecule has 31 heavy (non-hydrogen) atoms. The summed E-state index contributed by atoms with van der Waals surface area (Å²) in [7, 11) is -1.72. The molecule has 0 aliphatic carbocycles. The molecular weight excluding hydrogens is 404 g/mol. The molecule has 0 unspecified atom stereocenters. The van der Waals surface area contributed by atoms with Gasteiger partial charge >= 0.3 is 0 Å². The van der Waals surface area contributed by atoms with E-state index in [9.17, 15) is 9.59 Å². The van der Waals surface area contributed by atoms with Gasteiger partial charge in [0, 0.05) is 26.2 Å². The second-order valence-corrected chi connectivity index (χ2v) is 14.9. The number of amides is 2. The average Bonchev–Trinajstić information content (AvgIpc) is 2.97. The van der Waals surface area contributed by atoms with Gasteiger partial charge in [-0.25, -0.2) is 4.90 Å². The van der Waals surface area contributed by atoms with E-state index in [1.165, 1.54) is 16.0 Å². The summed E-state index contributed by atoms with van der Waals surface area (Å²) in [6.07, 6.45) is 0.909. The van der Waals surface area contributed by atoms with Crippen molar-refractivity contribution < 1.29 is 14.0 Å². The van der Waals surface area contributed by atoms with Gasteiger partial charge in [-0.3, -0.25) is 14.5 Å². The van der Waals surface area contributed by atoms with E-state index in [0.717, 1.165) is 32.7 Å². The molecule has 0 saturated heterocycles. The Hall–Kier alpha value is -2.28. The van der Waals surface area contributed by atoms with Crippen molar-refractivity contribution in [2.45, 2.75) is 51.9 Å². The zero-order chi connectivity index (χ0) is 22.4. The van der Waals surface area contributed by atoms with Gasteiger partial charge in [-0.05, 0) is 59.9 Å². The zero-order valence-corrected chi connectivity index (χ0v) is 20.2. The fourth-order valence-electron chi connectivity index (χ4n) is 4.00. The number of hydrogen-bond acceptors (Lipinski definition) is 4. The summed E-state index contributed by atoms with van der Waals surface area (Å²) in [4.78, 5) is 29.3. The summed E-state index contributed by atoms with van der Waals surface area (Å²) in [5.41, 5.74) is 4.12. The fourth-order valence-corrected chi connectivity index (χ4v) is 5.03. The van der Waals surface area contributed by atoms with E-state index < -0.39 is 8.32 Å². The van der Waals surface area contributed by atoms with Crippen molar-refractivity contribution in [1.82, 2.24) is 4.90 Å². The first kappa shape index (κ1) is 21.9. The highest BCUT2D eigenvalue weighted by Crippen LogP contribution is 2.36. The molecule has 0 spiro atoms. The van der Waals surface area contributed by atoms with Gasteiger partial charge in [0.15, 0.2) is 8.32 Å². The molecule has 0 aromatic heterocycles. The Bertz CT molecular complexity index is 991. The predicted molar refractivity (Wildman–Crippen MR) is 126 cm³/mol. The molecule has 0 atom stereocenters. The summed E-state index contributed by atoms with van der Waals surface area (Å²) in [5, 5.41) is 0.224. The van der Waals surface area contributed by atoms with Crippen molar-refractivity contribution in [3.8, 4) is 0 Å². The van der Waals surface area contributed by atoms with Gasteiger partial charge in [0.05, 0.1) is 16.8 Å². The van der Waals surface area contributed by atoms with Gasteiger partial charge in [0.2, 0.25) is 0 Å². The molecule has 0 fully saturated rings. The Morgan fingerprint density at radius 1 is 0.968 bits per heavy atom. The van der Waals surface area contributed by atoms with Crippen LogP contribution in [0.1, 0.15) is 52.6 Å². The van der Waals surface area contributed by atoms with Crippen LogP contribution in [0.3, 0.4) is 0 Å². The van der Waals surface area contributed by atoms with Crippen LogP contribution in [0.25, 0.3) is 0 Å². The maximum absolute atomic E-state index is 12.8. The molecule has 5 nitrogen and oxygen atoms in total. The van der Waals surface area contributed by atoms with Crippen LogP contribution in [0.4, 0.5) is 5.69 Å². The van der Waals surface area contributed by atoms with Crippen LogP contribution in [0, 0.1) is 0 Å². The lowest BCUT2D eigenvalue weighted by Crippen LogP contribution is -2.43. The third-order valence-corrected chi connectivity index (χ3v) is 11.5. The SMILES string of the molecule is CC(C)(C)[Si](C)(C)OCCN1CCc2cc(N3C(=O)c4ccccc4C3=O)ccc2C1. The minimum Gasteiger partial charge on any atom is -0.416 e. The summed E-state index contributed by atoms with van der Waals surface area (Å²) in [6, 6.07) is 13.0. The molecule has 0 saturated carbocycles. The molecule has 6 heteroatoms. The van der Waals surface area contributed by atoms with Gasteiger partial charge in [0.1, 0.15) is 0 Å². The van der Waals surface area contributed by atoms with Gasteiger partial charge in [-0.15, -0.1) is 0 Å². The number of carbonyl (C=O) groups is 2. The van der Waals surface area contributed by atoms with Crippen molar-refractivity contribution in [2.75, 3.05) is 24.6 Å². The first-order chi connectivity index (χ1) is 14.6. The van der Waals surface area contributed by atoms with E-state index in [0.29, 0.717) is 16.8 Å². The highest BCUT2D eigenvalue weighted by molar-refractivity contribution is 6.74. The highest BCUT2D eigenvalue weighted by Gasteiger charge is 2.38. The average molecular weight is 437 g/mol. The van der Waals surface area contributed by atoms with Crippen molar-refractivity contribution in [3.05, 3.63) is 64.7 Å². The van der Waals surface area contributed by atoms with Crippen molar-refractivity contribution in [1.29, 1.82) is 0 Å². The van der Waals surface area contributed by atoms with E-state index in [2.05, 4.69) is 44.8 Å². The molecule has 0 bridgehead atoms. The Labute approximate surface area is 186 Å². The van der Waals surface area contributed by atoms with Crippen LogP contribution in [-0.4, -0.2) is 44.7 Å². The Morgan fingerprint density at radius 3 is 2.23 bits per heavy atom. The molecule has 2 amide bonds. The minimum absolute atomic E-state index is 0.224. The fraction of sp³-hybridized carbons (Fsp3) is 0.440. The summed E-state index contributed by atoms with van der Waals surface area (Å²) < 4.78 is 6.34. The van der Waals surface area contributed by atoms with Gasteiger partial charge in [0.25, 0.3) is 11.8 Å². The smallest absolute Gasteiger partial charge is 0.266 e. The second kappa shape index (κ2) is 8.00. The highest BCUT2D eigenvalue weighted by atomic mass is 28.4. The molecule has 164 valence electrons. The molecule has 4 rings (SSSR count). The van der Waals surface area contributed by atoms with Crippen LogP contribution in [-0.2, 0) is 17.4 Å². The normalized spacial score (nSPS) is 17.1. The first-order valence-electron chi connectivity index (χ1n) is 11.0. The van der Waals surface area contributed by atoms with Crippen LogP contribution in [0.2, 0.25) is 18.1 Å². The number of imide groups is 1. The van der Waals surface area contributed by atoms with Crippen LogP contribution < -0.4 is 4.90 Å². The molecule has 2 aromatic rings. The summed E-state index contributed by atoms with van der Waals surface area (Å²) in [5.74, 6) is -0.471.